The van der Waals surface area contributed by atoms with Crippen molar-refractivity contribution in [3.8, 4) is 0 Å². The Labute approximate surface area is 140 Å². The van der Waals surface area contributed by atoms with Gasteiger partial charge in [-0.15, -0.1) is 0 Å². The van der Waals surface area contributed by atoms with Crippen LogP contribution in [-0.2, 0) is 4.79 Å². The maximum atomic E-state index is 14.0. The van der Waals surface area contributed by atoms with Gasteiger partial charge in [-0.1, -0.05) is 30.9 Å². The van der Waals surface area contributed by atoms with E-state index in [1.54, 1.807) is 0 Å². The summed E-state index contributed by atoms with van der Waals surface area (Å²) < 4.78 is 28.0. The molecule has 0 saturated heterocycles. The molecule has 0 unspecified atom stereocenters. The van der Waals surface area contributed by atoms with Gasteiger partial charge in [-0.3, -0.25) is 4.79 Å². The van der Waals surface area contributed by atoms with E-state index in [-0.39, 0.29) is 34.5 Å². The molecule has 23 heavy (non-hydrogen) atoms. The van der Waals surface area contributed by atoms with Crippen molar-refractivity contribution in [3.05, 3.63) is 22.0 Å². The number of rotatable bonds is 7. The third-order valence-corrected chi connectivity index (χ3v) is 4.30. The summed E-state index contributed by atoms with van der Waals surface area (Å²) in [5.74, 6) is -3.63. The zero-order valence-electron chi connectivity index (χ0n) is 13.5. The van der Waals surface area contributed by atoms with Crippen LogP contribution in [0.25, 0.3) is 0 Å². The third-order valence-electron chi connectivity index (χ3n) is 4.02. The number of hydrogen-bond acceptors (Lipinski definition) is 4. The number of ketones is 1. The van der Waals surface area contributed by atoms with Gasteiger partial charge in [0.15, 0.2) is 5.78 Å². The minimum absolute atomic E-state index is 0.0367. The molecule has 1 rings (SSSR count). The van der Waals surface area contributed by atoms with Crippen LogP contribution in [0.5, 0.6) is 0 Å². The van der Waals surface area contributed by atoms with E-state index in [2.05, 4.69) is 5.32 Å². The fraction of sp³-hybridized carbons (Fsp3) is 0.625. The highest BCUT2D eigenvalue weighted by molar-refractivity contribution is 6.31. The molecule has 0 radical (unpaired) electrons. The number of halogens is 3. The second-order valence-electron chi connectivity index (χ2n) is 5.99. The van der Waals surface area contributed by atoms with Crippen LogP contribution in [0.1, 0.15) is 52.4 Å². The van der Waals surface area contributed by atoms with Crippen molar-refractivity contribution in [1.29, 1.82) is 5.41 Å². The van der Waals surface area contributed by atoms with Crippen LogP contribution < -0.4 is 11.1 Å². The van der Waals surface area contributed by atoms with E-state index >= 15 is 0 Å². The lowest BCUT2D eigenvalue weighted by atomic mass is 9.94. The normalized spacial score (nSPS) is 18.8. The van der Waals surface area contributed by atoms with Crippen molar-refractivity contribution >= 4 is 23.6 Å². The number of carbonyl (C=O) groups is 1. The Kier molecular flexibility index (Phi) is 7.19. The molecule has 0 aromatic heterocycles. The smallest absolute Gasteiger partial charge is 0.284 e. The minimum atomic E-state index is -3.16. The second kappa shape index (κ2) is 8.43. The van der Waals surface area contributed by atoms with Crippen molar-refractivity contribution in [2.45, 2.75) is 64.3 Å². The van der Waals surface area contributed by atoms with Gasteiger partial charge in [-0.2, -0.15) is 0 Å². The Morgan fingerprint density at radius 1 is 1.39 bits per heavy atom. The zero-order chi connectivity index (χ0) is 17.6. The first-order valence-electron chi connectivity index (χ1n) is 7.70. The number of alkyl halides is 2. The van der Waals surface area contributed by atoms with Gasteiger partial charge in [0.25, 0.3) is 5.92 Å². The maximum absolute atomic E-state index is 14.0. The quantitative estimate of drug-likeness (QED) is 0.372. The van der Waals surface area contributed by atoms with Gasteiger partial charge < -0.3 is 16.5 Å². The number of carbonyl (C=O) groups excluding carboxylic acids is 1. The summed E-state index contributed by atoms with van der Waals surface area (Å²) in [6.07, 6.45) is 5.18. The summed E-state index contributed by atoms with van der Waals surface area (Å²) in [7, 11) is 0. The summed E-state index contributed by atoms with van der Waals surface area (Å²) in [4.78, 5) is 12.0. The standard InChI is InChI=1S/C16H24ClF2N3O/c1-10(15(17)21)13(23)8-11(9-20)14(16(2,18)19)22-12-6-4-3-5-7-12/h9,12,20,22H,3-8,21H2,1-2H3/b14-11-,15-10+,20-9?. The molecule has 0 heterocycles. The molecule has 1 saturated carbocycles. The molecule has 4 nitrogen and oxygen atoms in total. The van der Waals surface area contributed by atoms with Crippen molar-refractivity contribution in [3.63, 3.8) is 0 Å². The van der Waals surface area contributed by atoms with Gasteiger partial charge in [0, 0.05) is 36.7 Å². The van der Waals surface area contributed by atoms with Crippen molar-refractivity contribution in [2.75, 3.05) is 0 Å². The lowest BCUT2D eigenvalue weighted by Gasteiger charge is -2.29. The molecule has 0 amide bonds. The summed E-state index contributed by atoms with van der Waals surface area (Å²) >= 11 is 5.57. The van der Waals surface area contributed by atoms with Crippen LogP contribution in [0.3, 0.4) is 0 Å². The molecule has 0 spiro atoms. The topological polar surface area (TPSA) is 79.0 Å². The Hall–Kier alpha value is -1.43. The van der Waals surface area contributed by atoms with Crippen LogP contribution in [0.15, 0.2) is 22.0 Å². The van der Waals surface area contributed by atoms with Gasteiger partial charge in [-0.05, 0) is 19.8 Å². The summed E-state index contributed by atoms with van der Waals surface area (Å²) in [6.45, 7) is 2.20. The monoisotopic (exact) mass is 347 g/mol. The predicted octanol–water partition coefficient (Wildman–Crippen LogP) is 3.86. The van der Waals surface area contributed by atoms with Crippen LogP contribution in [0.4, 0.5) is 8.78 Å². The number of hydrogen-bond donors (Lipinski definition) is 3. The fourth-order valence-electron chi connectivity index (χ4n) is 2.60. The summed E-state index contributed by atoms with van der Waals surface area (Å²) in [5, 5.41) is 10.1. The summed E-state index contributed by atoms with van der Waals surface area (Å²) in [5.41, 5.74) is 5.08. The van der Waals surface area contributed by atoms with E-state index in [0.717, 1.165) is 45.2 Å². The number of nitrogens with one attached hydrogen (secondary N) is 2. The number of nitrogens with two attached hydrogens (primary N) is 1. The minimum Gasteiger partial charge on any atom is -0.389 e. The van der Waals surface area contributed by atoms with Gasteiger partial charge in [0.1, 0.15) is 5.16 Å². The second-order valence-corrected chi connectivity index (χ2v) is 6.39. The Bertz CT molecular complexity index is 514. The van der Waals surface area contributed by atoms with E-state index in [4.69, 9.17) is 22.7 Å². The average Bonchev–Trinajstić information content (AvgIpc) is 2.49. The molecule has 4 N–H and O–H groups in total. The first kappa shape index (κ1) is 19.6. The lowest BCUT2D eigenvalue weighted by molar-refractivity contribution is -0.114. The molecule has 7 heteroatoms. The van der Waals surface area contributed by atoms with Gasteiger partial charge in [0.2, 0.25) is 0 Å². The molecular formula is C16H24ClF2N3O. The highest BCUT2D eigenvalue weighted by Gasteiger charge is 2.33. The van der Waals surface area contributed by atoms with Crippen molar-refractivity contribution in [2.24, 2.45) is 5.73 Å². The van der Waals surface area contributed by atoms with Crippen LogP contribution in [0, 0.1) is 5.41 Å². The highest BCUT2D eigenvalue weighted by atomic mass is 35.5. The molecule has 0 bridgehead atoms. The lowest BCUT2D eigenvalue weighted by Crippen LogP contribution is -2.38. The molecule has 0 aliphatic heterocycles. The van der Waals surface area contributed by atoms with E-state index in [0.29, 0.717) is 0 Å². The third kappa shape index (κ3) is 5.94. The Morgan fingerprint density at radius 2 is 1.96 bits per heavy atom. The van der Waals surface area contributed by atoms with Crippen molar-refractivity contribution in [1.82, 2.24) is 5.32 Å². The maximum Gasteiger partial charge on any atom is 0.284 e. The first-order chi connectivity index (χ1) is 10.7. The Morgan fingerprint density at radius 3 is 2.39 bits per heavy atom. The van der Waals surface area contributed by atoms with E-state index in [9.17, 15) is 13.6 Å². The Balaban J connectivity index is 3.07. The van der Waals surface area contributed by atoms with Crippen LogP contribution in [-0.4, -0.2) is 24.0 Å². The zero-order valence-corrected chi connectivity index (χ0v) is 14.3. The molecule has 1 aliphatic rings. The molecule has 130 valence electrons. The number of Topliss-reactive ketones (excluding diaryl/α,β-unsaturated/α-hetero) is 1. The van der Waals surface area contributed by atoms with Crippen molar-refractivity contribution < 1.29 is 13.6 Å². The molecule has 0 aromatic carbocycles. The van der Waals surface area contributed by atoms with E-state index < -0.39 is 11.7 Å². The molecule has 1 aliphatic carbocycles. The van der Waals surface area contributed by atoms with Crippen LogP contribution in [0.2, 0.25) is 0 Å². The van der Waals surface area contributed by atoms with Gasteiger partial charge in [-0.25, -0.2) is 8.78 Å². The molecular weight excluding hydrogens is 324 g/mol. The highest BCUT2D eigenvalue weighted by Crippen LogP contribution is 2.28. The fourth-order valence-corrected chi connectivity index (χ4v) is 2.71. The average molecular weight is 348 g/mol. The van der Waals surface area contributed by atoms with Crippen LogP contribution >= 0.6 is 11.6 Å². The summed E-state index contributed by atoms with van der Waals surface area (Å²) in [6, 6.07) is -0.0515. The first-order valence-corrected chi connectivity index (χ1v) is 8.08. The molecule has 0 atom stereocenters. The van der Waals surface area contributed by atoms with E-state index in [1.165, 1.54) is 6.92 Å². The van der Waals surface area contributed by atoms with E-state index in [1.807, 2.05) is 0 Å². The van der Waals surface area contributed by atoms with Gasteiger partial charge in [0.05, 0.1) is 5.70 Å². The molecule has 0 aromatic rings. The number of allylic oxidation sites excluding steroid dienone is 3. The SMILES string of the molecule is C/C(C(=O)C/C(C=N)=C(/NC1CCCCC1)C(C)(F)F)=C(\N)Cl. The van der Waals surface area contributed by atoms with Gasteiger partial charge >= 0.3 is 0 Å². The molecule has 1 fully saturated rings. The predicted molar refractivity (Wildman–Crippen MR) is 88.8 cm³/mol. The largest absolute Gasteiger partial charge is 0.389 e.